The number of halogens is 6. The molecule has 0 unspecified atom stereocenters. The van der Waals surface area contributed by atoms with E-state index in [1.165, 1.54) is 55.3 Å². The van der Waals surface area contributed by atoms with Crippen molar-refractivity contribution in [3.05, 3.63) is 93.0 Å². The largest absolute Gasteiger partial charge is 0.466 e. The third-order valence-electron chi connectivity index (χ3n) is 10.1. The van der Waals surface area contributed by atoms with Crippen LogP contribution in [0.2, 0.25) is 0 Å². The highest BCUT2D eigenvalue weighted by atomic mass is 19.4. The molecule has 56 heavy (non-hydrogen) atoms. The van der Waals surface area contributed by atoms with Gasteiger partial charge in [0, 0.05) is 42.6 Å². The van der Waals surface area contributed by atoms with Crippen molar-refractivity contribution in [1.82, 2.24) is 15.0 Å². The summed E-state index contributed by atoms with van der Waals surface area (Å²) in [6.07, 6.45) is -10.4. The number of H-pyrrole nitrogens is 1. The van der Waals surface area contributed by atoms with Crippen LogP contribution in [0.4, 0.5) is 35.9 Å². The zero-order valence-corrected chi connectivity index (χ0v) is 30.9. The van der Waals surface area contributed by atoms with Crippen LogP contribution in [0, 0.1) is 5.92 Å². The summed E-state index contributed by atoms with van der Waals surface area (Å²) in [5.74, 6) is -1.41. The van der Waals surface area contributed by atoms with Gasteiger partial charge in [0.15, 0.2) is 0 Å². The van der Waals surface area contributed by atoms with E-state index in [1.807, 2.05) is 0 Å². The number of nitrogens with zero attached hydrogens (tertiary/aromatic N) is 2. The smallest absolute Gasteiger partial charge is 0.416 e. The second-order valence-electron chi connectivity index (χ2n) is 13.9. The van der Waals surface area contributed by atoms with Crippen molar-refractivity contribution in [2.75, 3.05) is 26.8 Å². The number of Topliss-reactive ketones (excluding diaryl/α,β-unsaturated/α-hetero) is 1. The third kappa shape index (κ3) is 10.9. The van der Waals surface area contributed by atoms with E-state index in [9.17, 15) is 55.4 Å². The standard InChI is InChI=1S/C20H24F3NO5.C18H19F3N2O4/c1-3-29-17(26)10-16(25)14-8-9-24(18(27)28)19(2,12-14)11-13-6-4-5-7-15(13)20(21,22)23;1-26-17(25)23-7-6-12(15-10-16(24)22-27-15)9-13(23)8-11-4-2-3-5-14(11)18(19,20)21/h4-7,14H,3,8-12H2,1-2H3,(H,27,28);2-5,10,12-13H,6-9H2,1H3,(H,22,24)/t14-,19+;12-,13+/m00/s1. The van der Waals surface area contributed by atoms with Gasteiger partial charge >= 0.3 is 30.5 Å². The topological polar surface area (TPSA) is 159 Å². The van der Waals surface area contributed by atoms with E-state index < -0.39 is 65.6 Å². The number of rotatable bonds is 9. The number of piperidine rings is 2. The molecule has 0 bridgehead atoms. The second kappa shape index (κ2) is 18.1. The van der Waals surface area contributed by atoms with Crippen LogP contribution in [0.5, 0.6) is 0 Å². The predicted octanol–water partition coefficient (Wildman–Crippen LogP) is 7.46. The molecule has 0 saturated carbocycles. The molecule has 3 aromatic rings. The molecule has 18 heteroatoms. The summed E-state index contributed by atoms with van der Waals surface area (Å²) >= 11 is 0. The van der Waals surface area contributed by atoms with Gasteiger partial charge in [0.1, 0.15) is 18.0 Å². The van der Waals surface area contributed by atoms with Gasteiger partial charge in [-0.3, -0.25) is 14.4 Å². The Kier molecular flexibility index (Phi) is 14.0. The maximum Gasteiger partial charge on any atom is 0.416 e. The number of nitrogens with one attached hydrogen (secondary N) is 1. The summed E-state index contributed by atoms with van der Waals surface area (Å²) in [6, 6.07) is 11.2. The van der Waals surface area contributed by atoms with Crippen LogP contribution in [0.15, 0.2) is 63.9 Å². The Morgan fingerprint density at radius 2 is 1.55 bits per heavy atom. The Balaban J connectivity index is 0.000000249. The Morgan fingerprint density at radius 3 is 2.11 bits per heavy atom. The fourth-order valence-electron chi connectivity index (χ4n) is 7.51. The number of esters is 1. The average molecular weight is 800 g/mol. The molecule has 1 aromatic heterocycles. The number of ether oxygens (including phenoxy) is 2. The van der Waals surface area contributed by atoms with Gasteiger partial charge in [-0.15, -0.1) is 0 Å². The predicted molar refractivity (Wildman–Crippen MR) is 187 cm³/mol. The highest BCUT2D eigenvalue weighted by molar-refractivity contribution is 5.97. The number of alkyl halides is 6. The van der Waals surface area contributed by atoms with Crippen LogP contribution >= 0.6 is 0 Å². The Labute approximate surface area is 317 Å². The van der Waals surface area contributed by atoms with Crippen LogP contribution in [-0.2, 0) is 44.3 Å². The van der Waals surface area contributed by atoms with Gasteiger partial charge in [0.2, 0.25) is 0 Å². The number of likely N-dealkylation sites (tertiary alicyclic amines) is 2. The minimum Gasteiger partial charge on any atom is -0.466 e. The molecule has 3 heterocycles. The lowest BCUT2D eigenvalue weighted by Gasteiger charge is -2.46. The van der Waals surface area contributed by atoms with E-state index in [4.69, 9.17) is 14.0 Å². The highest BCUT2D eigenvalue weighted by Crippen LogP contribution is 2.40. The molecule has 2 fully saturated rings. The summed E-state index contributed by atoms with van der Waals surface area (Å²) in [4.78, 5) is 61.8. The second-order valence-corrected chi connectivity index (χ2v) is 13.9. The number of carbonyl (C=O) groups excluding carboxylic acids is 3. The van der Waals surface area contributed by atoms with Gasteiger partial charge < -0.3 is 28.9 Å². The maximum atomic E-state index is 13.4. The number of carboxylic acid groups (broad SMARTS) is 1. The Bertz CT molecular complexity index is 1910. The quantitative estimate of drug-likeness (QED) is 0.127. The lowest BCUT2D eigenvalue weighted by molar-refractivity contribution is -0.147. The lowest BCUT2D eigenvalue weighted by Crippen LogP contribution is -2.56. The Morgan fingerprint density at radius 1 is 0.946 bits per heavy atom. The van der Waals surface area contributed by atoms with E-state index in [1.54, 1.807) is 13.0 Å². The number of carbonyl (C=O) groups is 4. The summed E-state index contributed by atoms with van der Waals surface area (Å²) in [6.45, 7) is 3.58. The number of amides is 2. The van der Waals surface area contributed by atoms with Gasteiger partial charge in [-0.2, -0.15) is 31.5 Å². The van der Waals surface area contributed by atoms with Crippen molar-refractivity contribution < 1.29 is 64.6 Å². The number of ketones is 1. The van der Waals surface area contributed by atoms with Gasteiger partial charge in [0.05, 0.1) is 24.8 Å². The molecule has 12 nitrogen and oxygen atoms in total. The molecule has 2 aliphatic heterocycles. The molecule has 2 amide bonds. The fourth-order valence-corrected chi connectivity index (χ4v) is 7.51. The summed E-state index contributed by atoms with van der Waals surface area (Å²) in [5.41, 5.74) is -3.07. The van der Waals surface area contributed by atoms with Gasteiger partial charge in [-0.05, 0) is 75.6 Å². The van der Waals surface area contributed by atoms with Crippen molar-refractivity contribution in [2.45, 2.75) is 88.6 Å². The molecular formula is C38H43F6N3O9. The summed E-state index contributed by atoms with van der Waals surface area (Å²) in [5, 5.41) is 11.8. The van der Waals surface area contributed by atoms with Crippen LogP contribution in [0.1, 0.15) is 79.9 Å². The number of hydrogen-bond donors (Lipinski definition) is 2. The van der Waals surface area contributed by atoms with Crippen molar-refractivity contribution in [1.29, 1.82) is 0 Å². The normalized spacial score (nSPS) is 21.4. The molecule has 2 aliphatic rings. The number of methoxy groups -OCH3 is 1. The van der Waals surface area contributed by atoms with Crippen LogP contribution in [0.3, 0.4) is 0 Å². The number of hydrogen-bond acceptors (Lipinski definition) is 8. The molecule has 2 aromatic carbocycles. The van der Waals surface area contributed by atoms with E-state index in [0.717, 1.165) is 17.0 Å². The Hall–Kier alpha value is -5.29. The van der Waals surface area contributed by atoms with Crippen molar-refractivity contribution >= 4 is 23.9 Å². The molecular weight excluding hydrogens is 756 g/mol. The maximum absolute atomic E-state index is 13.4. The van der Waals surface area contributed by atoms with E-state index >= 15 is 0 Å². The number of aromatic amines is 1. The summed E-state index contributed by atoms with van der Waals surface area (Å²) < 4.78 is 94.7. The minimum absolute atomic E-state index is 0.000744. The fraction of sp³-hybridized carbons (Fsp3) is 0.500. The molecule has 4 atom stereocenters. The molecule has 5 rings (SSSR count). The van der Waals surface area contributed by atoms with Crippen molar-refractivity contribution in [2.24, 2.45) is 5.92 Å². The van der Waals surface area contributed by atoms with Gasteiger partial charge in [-0.1, -0.05) is 36.4 Å². The first kappa shape index (κ1) is 43.4. The van der Waals surface area contributed by atoms with Crippen LogP contribution < -0.4 is 5.56 Å². The van der Waals surface area contributed by atoms with Crippen LogP contribution in [-0.4, -0.2) is 82.4 Å². The van der Waals surface area contributed by atoms with Crippen LogP contribution in [0.25, 0.3) is 0 Å². The summed E-state index contributed by atoms with van der Waals surface area (Å²) in [7, 11) is 1.24. The third-order valence-corrected chi connectivity index (χ3v) is 10.1. The van der Waals surface area contributed by atoms with E-state index in [0.29, 0.717) is 25.1 Å². The molecule has 2 saturated heterocycles. The number of aromatic nitrogens is 1. The first-order valence-electron chi connectivity index (χ1n) is 17.8. The average Bonchev–Trinajstić information content (AvgIpc) is 3.57. The zero-order chi connectivity index (χ0) is 41.4. The molecule has 0 radical (unpaired) electrons. The highest BCUT2D eigenvalue weighted by Gasteiger charge is 2.45. The molecule has 0 aliphatic carbocycles. The first-order chi connectivity index (χ1) is 26.3. The zero-order valence-electron chi connectivity index (χ0n) is 30.9. The monoisotopic (exact) mass is 799 g/mol. The number of benzene rings is 2. The molecule has 306 valence electrons. The lowest BCUT2D eigenvalue weighted by atomic mass is 9.75. The van der Waals surface area contributed by atoms with E-state index in [-0.39, 0.29) is 67.2 Å². The van der Waals surface area contributed by atoms with Gasteiger partial charge in [0.25, 0.3) is 5.56 Å². The van der Waals surface area contributed by atoms with Crippen molar-refractivity contribution in [3.63, 3.8) is 0 Å². The molecule has 0 spiro atoms. The van der Waals surface area contributed by atoms with Crippen molar-refractivity contribution in [3.8, 4) is 0 Å². The molecule has 2 N–H and O–H groups in total. The minimum atomic E-state index is -4.57. The SMILES string of the molecule is CCOC(=O)CC(=O)[C@H]1CCN(C(=O)O)[C@](C)(Cc2ccccc2C(F)(F)F)C1.COC(=O)N1CC[C@H](c2cc(=O)[nH]o2)C[C@H]1Cc1ccccc1C(F)(F)F. The van der Waals surface area contributed by atoms with Gasteiger partial charge in [-0.25, -0.2) is 9.59 Å². The first-order valence-corrected chi connectivity index (χ1v) is 17.8. The van der Waals surface area contributed by atoms with E-state index in [2.05, 4.69) is 5.16 Å².